The van der Waals surface area contributed by atoms with Gasteiger partial charge in [-0.25, -0.2) is 15.0 Å². The van der Waals surface area contributed by atoms with Crippen molar-refractivity contribution >= 4 is 24.6 Å². The Bertz CT molecular complexity index is 630. The fourth-order valence-corrected chi connectivity index (χ4v) is 1.96. The third-order valence-corrected chi connectivity index (χ3v) is 3.00. The number of anilines is 1. The average Bonchev–Trinajstić information content (AvgIpc) is 2.72. The molecule has 20 heavy (non-hydrogen) atoms. The van der Waals surface area contributed by atoms with Gasteiger partial charge in [0.2, 0.25) is 0 Å². The first-order chi connectivity index (χ1) is 8.88. The molecule has 9 nitrogen and oxygen atoms in total. The fourth-order valence-electron chi connectivity index (χ4n) is 1.62. The minimum Gasteiger partial charge on any atom is -0.382 e. The second kappa shape index (κ2) is 6.95. The van der Waals surface area contributed by atoms with Crippen LogP contribution in [-0.2, 0) is 9.30 Å². The summed E-state index contributed by atoms with van der Waals surface area (Å²) >= 11 is 0. The molecule has 0 amide bonds. The van der Waals surface area contributed by atoms with Crippen LogP contribution in [0.5, 0.6) is 0 Å². The van der Waals surface area contributed by atoms with Gasteiger partial charge in [0.1, 0.15) is 18.2 Å². The van der Waals surface area contributed by atoms with Crippen molar-refractivity contribution in [2.24, 2.45) is 0 Å². The van der Waals surface area contributed by atoms with E-state index in [-0.39, 0.29) is 48.0 Å². The van der Waals surface area contributed by atoms with Gasteiger partial charge in [-0.05, 0) is 6.92 Å². The first-order valence-corrected chi connectivity index (χ1v) is 7.23. The fraction of sp³-hybridized carbons (Fsp3) is 0.444. The molecule has 2 aromatic rings. The summed E-state index contributed by atoms with van der Waals surface area (Å²) in [5.41, 5.74) is 6.71. The third-order valence-electron chi connectivity index (χ3n) is 2.48. The molecule has 0 aliphatic rings. The zero-order valence-corrected chi connectivity index (χ0v) is 14.1. The predicted molar refractivity (Wildman–Crippen MR) is 67.3 cm³/mol. The maximum atomic E-state index is 10.7. The number of ether oxygens (including phenoxy) is 1. The van der Waals surface area contributed by atoms with Crippen molar-refractivity contribution in [1.82, 2.24) is 19.5 Å². The smallest absolute Gasteiger partial charge is 0.382 e. The van der Waals surface area contributed by atoms with Gasteiger partial charge in [-0.1, -0.05) is 0 Å². The number of rotatable bonds is 5. The molecule has 104 valence electrons. The van der Waals surface area contributed by atoms with Gasteiger partial charge in [-0.2, -0.15) is 0 Å². The molecule has 0 saturated heterocycles. The molecule has 0 aromatic carbocycles. The number of hydrogen-bond acceptors (Lipinski definition) is 6. The van der Waals surface area contributed by atoms with Crippen molar-refractivity contribution in [3.05, 3.63) is 12.7 Å². The number of nitrogens with two attached hydrogens (primary N) is 1. The summed E-state index contributed by atoms with van der Waals surface area (Å²) in [6.07, 6.45) is 2.27. The van der Waals surface area contributed by atoms with Crippen LogP contribution in [0.3, 0.4) is 0 Å². The van der Waals surface area contributed by atoms with Crippen LogP contribution < -0.4 is 35.3 Å². The first kappa shape index (κ1) is 17.5. The van der Waals surface area contributed by atoms with Gasteiger partial charge < -0.3 is 24.8 Å². The van der Waals surface area contributed by atoms with Crippen molar-refractivity contribution < 1.29 is 48.6 Å². The maximum Gasteiger partial charge on any atom is 1.00 e. The van der Waals surface area contributed by atoms with Gasteiger partial charge in [-0.3, -0.25) is 4.57 Å². The summed E-state index contributed by atoms with van der Waals surface area (Å²) in [5.74, 6) is 0.284. The third kappa shape index (κ3) is 4.23. The van der Waals surface area contributed by atoms with E-state index < -0.39 is 13.9 Å². The number of aromatic nitrogens is 4. The van der Waals surface area contributed by atoms with Gasteiger partial charge in [0, 0.05) is 0 Å². The molecule has 11 heteroatoms. The average molecular weight is 310 g/mol. The summed E-state index contributed by atoms with van der Waals surface area (Å²) in [7, 11) is -4.15. The number of nitrogen functional groups attached to an aromatic ring is 1. The number of hydrogen-bond donors (Lipinski definition) is 3. The second-order valence-electron chi connectivity index (χ2n) is 4.10. The number of fused-ring (bicyclic) bond motifs is 1. The molecular formula is C9H14N5NaO4P+. The van der Waals surface area contributed by atoms with Crippen LogP contribution in [0.25, 0.3) is 11.2 Å². The quantitative estimate of drug-likeness (QED) is 0.396. The number of imidazole rings is 1. The molecule has 0 radical (unpaired) electrons. The van der Waals surface area contributed by atoms with Crippen molar-refractivity contribution in [2.75, 3.05) is 18.7 Å². The molecule has 2 aromatic heterocycles. The van der Waals surface area contributed by atoms with Crippen LogP contribution in [-0.4, -0.2) is 42.3 Å². The molecule has 0 fully saturated rings. The van der Waals surface area contributed by atoms with Crippen LogP contribution >= 0.6 is 7.60 Å². The molecule has 0 spiro atoms. The minimum atomic E-state index is -4.15. The molecule has 0 aliphatic heterocycles. The van der Waals surface area contributed by atoms with Crippen LogP contribution in [0.4, 0.5) is 5.82 Å². The topological polar surface area (TPSA) is 136 Å². The molecule has 0 unspecified atom stereocenters. The monoisotopic (exact) mass is 310 g/mol. The van der Waals surface area contributed by atoms with E-state index in [0.717, 1.165) is 0 Å². The van der Waals surface area contributed by atoms with E-state index in [2.05, 4.69) is 15.0 Å². The Hall–Kier alpha value is -0.540. The Labute approximate surface area is 137 Å². The Morgan fingerprint density at radius 3 is 2.80 bits per heavy atom. The zero-order chi connectivity index (χ0) is 14.0. The predicted octanol–water partition coefficient (Wildman–Crippen LogP) is -2.87. The molecule has 1 atom stereocenters. The van der Waals surface area contributed by atoms with Crippen molar-refractivity contribution in [2.45, 2.75) is 13.0 Å². The molecule has 4 N–H and O–H groups in total. The van der Waals surface area contributed by atoms with E-state index in [1.807, 2.05) is 6.92 Å². The molecule has 2 rings (SSSR count). The summed E-state index contributed by atoms with van der Waals surface area (Å²) in [4.78, 5) is 29.4. The van der Waals surface area contributed by atoms with Crippen molar-refractivity contribution in [3.63, 3.8) is 0 Å². The van der Waals surface area contributed by atoms with Gasteiger partial charge in [0.15, 0.2) is 11.5 Å². The van der Waals surface area contributed by atoms with Gasteiger partial charge in [0.05, 0.1) is 19.0 Å². The standard InChI is InChI=1S/C9H14N5O4P.Na/c1-6(2-18-5-19(15,16)17)14-4-13-7-8(10)11-3-12-9(7)14;/h3-4,6H,2,5H2,1H3,(H2,10,11,12)(H2,15,16,17);/q;+1/t6-;/m1./s1. The minimum absolute atomic E-state index is 0. The van der Waals surface area contributed by atoms with E-state index in [0.29, 0.717) is 11.2 Å². The van der Waals surface area contributed by atoms with E-state index >= 15 is 0 Å². The van der Waals surface area contributed by atoms with Crippen molar-refractivity contribution in [3.8, 4) is 0 Å². The van der Waals surface area contributed by atoms with Gasteiger partial charge in [-0.15, -0.1) is 0 Å². The van der Waals surface area contributed by atoms with E-state index in [9.17, 15) is 4.57 Å². The van der Waals surface area contributed by atoms with E-state index in [1.54, 1.807) is 10.9 Å². The summed E-state index contributed by atoms with van der Waals surface area (Å²) in [5, 5.41) is 0. The summed E-state index contributed by atoms with van der Waals surface area (Å²) in [6.45, 7) is 1.94. The Balaban J connectivity index is 0.00000200. The second-order valence-corrected chi connectivity index (χ2v) is 5.68. The summed E-state index contributed by atoms with van der Waals surface area (Å²) < 4.78 is 17.4. The number of nitrogens with zero attached hydrogens (tertiary/aromatic N) is 4. The largest absolute Gasteiger partial charge is 1.00 e. The first-order valence-electron chi connectivity index (χ1n) is 5.44. The normalized spacial score (nSPS) is 13.2. The van der Waals surface area contributed by atoms with Crippen LogP contribution in [0.2, 0.25) is 0 Å². The Morgan fingerprint density at radius 2 is 2.15 bits per heavy atom. The summed E-state index contributed by atoms with van der Waals surface area (Å²) in [6, 6.07) is -0.189. The van der Waals surface area contributed by atoms with Crippen molar-refractivity contribution in [1.29, 1.82) is 0 Å². The van der Waals surface area contributed by atoms with Gasteiger partial charge in [0.25, 0.3) is 0 Å². The maximum absolute atomic E-state index is 10.7. The molecule has 0 saturated carbocycles. The zero-order valence-electron chi connectivity index (χ0n) is 11.2. The molecule has 2 heterocycles. The van der Waals surface area contributed by atoms with Crippen LogP contribution in [0.1, 0.15) is 13.0 Å². The Morgan fingerprint density at radius 1 is 1.45 bits per heavy atom. The van der Waals surface area contributed by atoms with Crippen LogP contribution in [0, 0.1) is 0 Å². The molecule has 0 bridgehead atoms. The van der Waals surface area contributed by atoms with E-state index in [4.69, 9.17) is 20.3 Å². The van der Waals surface area contributed by atoms with Crippen LogP contribution in [0.15, 0.2) is 12.7 Å². The molecule has 0 aliphatic carbocycles. The SMILES string of the molecule is C[C@H](COCP(=O)(O)O)n1cnc2c(N)ncnc21.[Na+]. The Kier molecular flexibility index (Phi) is 6.08. The molecular weight excluding hydrogens is 296 g/mol. The van der Waals surface area contributed by atoms with Gasteiger partial charge >= 0.3 is 37.2 Å². The van der Waals surface area contributed by atoms with E-state index in [1.165, 1.54) is 6.33 Å².